The first-order valence-electron chi connectivity index (χ1n) is 2.88. The summed E-state index contributed by atoms with van der Waals surface area (Å²) < 4.78 is 0. The van der Waals surface area contributed by atoms with Crippen LogP contribution in [0.25, 0.3) is 0 Å². The average Bonchev–Trinajstić information content (AvgIpc) is 2.07. The lowest BCUT2D eigenvalue weighted by atomic mass is 10.3. The summed E-state index contributed by atoms with van der Waals surface area (Å²) in [4.78, 5) is 13.2. The van der Waals surface area contributed by atoms with Gasteiger partial charge in [-0.3, -0.25) is 0 Å². The number of carbonyl (C=O) groups excluding carboxylic acids is 1. The van der Waals surface area contributed by atoms with Crippen molar-refractivity contribution in [2.45, 2.75) is 0 Å². The Morgan fingerprint density at radius 1 is 1.17 bits per heavy atom. The van der Waals surface area contributed by atoms with Crippen LogP contribution in [0.2, 0.25) is 15.1 Å². The predicted molar refractivity (Wildman–Crippen MR) is 49.3 cm³/mol. The van der Waals surface area contributed by atoms with Gasteiger partial charge in [-0.2, -0.15) is 4.99 Å². The Labute approximate surface area is 83.8 Å². The van der Waals surface area contributed by atoms with Crippen molar-refractivity contribution in [2.75, 3.05) is 0 Å². The molecule has 0 heterocycles. The van der Waals surface area contributed by atoms with Gasteiger partial charge in [0.1, 0.15) is 0 Å². The molecule has 0 fully saturated rings. The second kappa shape index (κ2) is 3.92. The number of isocyanates is 1. The highest BCUT2D eigenvalue weighted by Crippen LogP contribution is 2.36. The van der Waals surface area contributed by atoms with E-state index in [0.717, 1.165) is 0 Å². The maximum atomic E-state index is 9.90. The molecule has 0 atom stereocenters. The highest BCUT2D eigenvalue weighted by Gasteiger charge is 2.07. The van der Waals surface area contributed by atoms with Crippen LogP contribution >= 0.6 is 34.8 Å². The summed E-state index contributed by atoms with van der Waals surface area (Å²) >= 11 is 17.0. The molecule has 0 amide bonds. The molecule has 0 radical (unpaired) electrons. The van der Waals surface area contributed by atoms with E-state index in [1.165, 1.54) is 18.2 Å². The van der Waals surface area contributed by atoms with Gasteiger partial charge < -0.3 is 0 Å². The van der Waals surface area contributed by atoms with Crippen molar-refractivity contribution in [3.05, 3.63) is 27.2 Å². The van der Waals surface area contributed by atoms with E-state index in [0.29, 0.717) is 5.02 Å². The molecule has 0 spiro atoms. The molecule has 0 saturated carbocycles. The Bertz CT molecular complexity index is 358. The van der Waals surface area contributed by atoms with Crippen LogP contribution in [0.15, 0.2) is 17.1 Å². The smallest absolute Gasteiger partial charge is 0.211 e. The molecule has 1 aromatic carbocycles. The van der Waals surface area contributed by atoms with Crippen LogP contribution in [0.3, 0.4) is 0 Å². The van der Waals surface area contributed by atoms with Gasteiger partial charge in [-0.1, -0.05) is 34.8 Å². The Balaban J connectivity index is 3.35. The number of nitrogens with zero attached hydrogens (tertiary/aromatic N) is 1. The van der Waals surface area contributed by atoms with E-state index in [4.69, 9.17) is 34.8 Å². The molecule has 2 nitrogen and oxygen atoms in total. The molecule has 0 aliphatic heterocycles. The number of aliphatic imine (C=N–C) groups is 1. The van der Waals surface area contributed by atoms with Crippen LogP contribution in [0.5, 0.6) is 0 Å². The third-order valence-corrected chi connectivity index (χ3v) is 2.46. The van der Waals surface area contributed by atoms with E-state index in [1.54, 1.807) is 0 Å². The first-order chi connectivity index (χ1) is 5.66. The van der Waals surface area contributed by atoms with Crippen molar-refractivity contribution >= 4 is 46.6 Å². The third-order valence-electron chi connectivity index (χ3n) is 1.18. The fraction of sp³-hybridized carbons (Fsp3) is 0. The molecule has 0 bridgehead atoms. The second-order valence-electron chi connectivity index (χ2n) is 1.90. The molecule has 0 aromatic heterocycles. The van der Waals surface area contributed by atoms with E-state index < -0.39 is 0 Å². The summed E-state index contributed by atoms with van der Waals surface area (Å²) in [6.45, 7) is 0. The SMILES string of the molecule is O=C=Nc1ccc(Cl)c(Cl)c1Cl. The number of benzene rings is 1. The second-order valence-corrected chi connectivity index (χ2v) is 3.06. The molecule has 0 N–H and O–H groups in total. The Hall–Kier alpha value is -0.530. The van der Waals surface area contributed by atoms with Crippen molar-refractivity contribution < 1.29 is 4.79 Å². The normalized spacial score (nSPS) is 9.25. The van der Waals surface area contributed by atoms with Gasteiger partial charge in [0.05, 0.1) is 20.8 Å². The molecular weight excluding hydrogens is 220 g/mol. The minimum Gasteiger partial charge on any atom is -0.211 e. The van der Waals surface area contributed by atoms with E-state index in [9.17, 15) is 4.79 Å². The zero-order valence-corrected chi connectivity index (χ0v) is 7.91. The fourth-order valence-corrected chi connectivity index (χ4v) is 1.22. The van der Waals surface area contributed by atoms with Crippen molar-refractivity contribution in [1.82, 2.24) is 0 Å². The summed E-state index contributed by atoms with van der Waals surface area (Å²) in [6, 6.07) is 2.99. The lowest BCUT2D eigenvalue weighted by Gasteiger charge is -1.99. The zero-order valence-electron chi connectivity index (χ0n) is 5.64. The molecule has 1 rings (SSSR count). The molecule has 0 aliphatic carbocycles. The monoisotopic (exact) mass is 221 g/mol. The van der Waals surface area contributed by atoms with Crippen LogP contribution in [0.4, 0.5) is 5.69 Å². The first kappa shape index (κ1) is 9.56. The maximum Gasteiger partial charge on any atom is 0.240 e. The fourth-order valence-electron chi connectivity index (χ4n) is 0.651. The summed E-state index contributed by atoms with van der Waals surface area (Å²) in [5.41, 5.74) is 0.265. The number of hydrogen-bond donors (Lipinski definition) is 0. The molecule has 5 heteroatoms. The third kappa shape index (κ3) is 1.79. The van der Waals surface area contributed by atoms with Gasteiger partial charge in [-0.05, 0) is 12.1 Å². The largest absolute Gasteiger partial charge is 0.240 e. The number of hydrogen-bond acceptors (Lipinski definition) is 2. The number of rotatable bonds is 1. The highest BCUT2D eigenvalue weighted by atomic mass is 35.5. The molecule has 1 aromatic rings. The predicted octanol–water partition coefficient (Wildman–Crippen LogP) is 3.61. The number of halogens is 3. The van der Waals surface area contributed by atoms with E-state index in [2.05, 4.69) is 4.99 Å². The van der Waals surface area contributed by atoms with E-state index in [1.807, 2.05) is 0 Å². The minimum absolute atomic E-state index is 0.160. The Kier molecular flexibility index (Phi) is 3.12. The van der Waals surface area contributed by atoms with Gasteiger partial charge in [0.15, 0.2) is 0 Å². The van der Waals surface area contributed by atoms with E-state index >= 15 is 0 Å². The van der Waals surface area contributed by atoms with Crippen molar-refractivity contribution in [2.24, 2.45) is 4.99 Å². The van der Waals surface area contributed by atoms with Gasteiger partial charge in [0.2, 0.25) is 6.08 Å². The molecule has 0 unspecified atom stereocenters. The molecule has 12 heavy (non-hydrogen) atoms. The topological polar surface area (TPSA) is 29.4 Å². The van der Waals surface area contributed by atoms with Gasteiger partial charge in [0, 0.05) is 0 Å². The van der Waals surface area contributed by atoms with Crippen molar-refractivity contribution in [3.63, 3.8) is 0 Å². The minimum atomic E-state index is 0.160. The molecule has 62 valence electrons. The zero-order chi connectivity index (χ0) is 9.14. The van der Waals surface area contributed by atoms with Crippen LogP contribution in [0, 0.1) is 0 Å². The molecule has 0 aliphatic rings. The highest BCUT2D eigenvalue weighted by molar-refractivity contribution is 6.49. The van der Waals surface area contributed by atoms with Crippen molar-refractivity contribution in [1.29, 1.82) is 0 Å². The van der Waals surface area contributed by atoms with Gasteiger partial charge >= 0.3 is 0 Å². The lowest BCUT2D eigenvalue weighted by molar-refractivity contribution is 0.565. The summed E-state index contributed by atoms with van der Waals surface area (Å²) in [7, 11) is 0. The Morgan fingerprint density at radius 2 is 1.83 bits per heavy atom. The summed E-state index contributed by atoms with van der Waals surface area (Å²) in [5.74, 6) is 0. The quantitative estimate of drug-likeness (QED) is 0.405. The van der Waals surface area contributed by atoms with Gasteiger partial charge in [0.25, 0.3) is 0 Å². The van der Waals surface area contributed by atoms with Crippen molar-refractivity contribution in [3.8, 4) is 0 Å². The first-order valence-corrected chi connectivity index (χ1v) is 4.01. The van der Waals surface area contributed by atoms with Gasteiger partial charge in [-0.25, -0.2) is 4.79 Å². The summed E-state index contributed by atoms with van der Waals surface area (Å²) in [6.07, 6.45) is 1.36. The maximum absolute atomic E-state index is 9.90. The van der Waals surface area contributed by atoms with Crippen LogP contribution < -0.4 is 0 Å². The molecule has 0 saturated heterocycles. The Morgan fingerprint density at radius 3 is 2.42 bits per heavy atom. The molecular formula is C7H2Cl3NO. The van der Waals surface area contributed by atoms with Crippen LogP contribution in [-0.2, 0) is 4.79 Å². The standard InChI is InChI=1S/C7H2Cl3NO/c8-4-1-2-5(11-3-12)7(10)6(4)9/h1-2H. The van der Waals surface area contributed by atoms with Crippen LogP contribution in [-0.4, -0.2) is 6.08 Å². The lowest BCUT2D eigenvalue weighted by Crippen LogP contribution is -1.72. The average molecular weight is 222 g/mol. The van der Waals surface area contributed by atoms with Crippen LogP contribution in [0.1, 0.15) is 0 Å². The van der Waals surface area contributed by atoms with Gasteiger partial charge in [-0.15, -0.1) is 0 Å². The summed E-state index contributed by atoms with van der Waals surface area (Å²) in [5, 5.41) is 0.675. The van der Waals surface area contributed by atoms with E-state index in [-0.39, 0.29) is 15.7 Å².